The lowest BCUT2D eigenvalue weighted by Gasteiger charge is -2.07. The number of ether oxygens (including phenoxy) is 2. The van der Waals surface area contributed by atoms with Crippen LogP contribution in [0.1, 0.15) is 23.7 Å². The zero-order valence-electron chi connectivity index (χ0n) is 10.6. The Labute approximate surface area is 110 Å². The van der Waals surface area contributed by atoms with Gasteiger partial charge in [0.15, 0.2) is 5.75 Å². The highest BCUT2D eigenvalue weighted by atomic mass is 16.6. The molecule has 0 radical (unpaired) electrons. The van der Waals surface area contributed by atoms with Gasteiger partial charge in [0.2, 0.25) is 0 Å². The molecular formula is C12H16N2O5. The third kappa shape index (κ3) is 4.22. The van der Waals surface area contributed by atoms with E-state index >= 15 is 0 Å². The van der Waals surface area contributed by atoms with Gasteiger partial charge in [-0.3, -0.25) is 10.1 Å². The van der Waals surface area contributed by atoms with Crippen molar-refractivity contribution in [3.05, 3.63) is 33.9 Å². The molecule has 0 heterocycles. The maximum Gasteiger partial charge on any atom is 0.338 e. The van der Waals surface area contributed by atoms with Crippen LogP contribution in [0.3, 0.4) is 0 Å². The third-order valence-corrected chi connectivity index (χ3v) is 2.27. The molecule has 19 heavy (non-hydrogen) atoms. The third-order valence-electron chi connectivity index (χ3n) is 2.27. The zero-order valence-corrected chi connectivity index (χ0v) is 10.6. The van der Waals surface area contributed by atoms with E-state index in [0.29, 0.717) is 13.0 Å². The highest BCUT2D eigenvalue weighted by Crippen LogP contribution is 2.28. The standard InChI is InChI=1S/C12H16N2O5/c1-2-18-12(15)9-4-5-11(19-7-3-6-13)10(8-9)14(16)17/h4-5,8H,2-3,6-7,13H2,1H3. The van der Waals surface area contributed by atoms with Gasteiger partial charge < -0.3 is 15.2 Å². The molecule has 0 aliphatic heterocycles. The van der Waals surface area contributed by atoms with E-state index in [-0.39, 0.29) is 30.2 Å². The maximum atomic E-state index is 11.5. The summed E-state index contributed by atoms with van der Waals surface area (Å²) in [6.45, 7) is 2.60. The molecule has 0 aliphatic rings. The molecule has 0 spiro atoms. The summed E-state index contributed by atoms with van der Waals surface area (Å²) in [5, 5.41) is 10.9. The first-order valence-electron chi connectivity index (χ1n) is 5.88. The minimum atomic E-state index is -0.598. The Bertz CT molecular complexity index is 461. The van der Waals surface area contributed by atoms with Gasteiger partial charge in [0, 0.05) is 6.07 Å². The number of hydrogen-bond acceptors (Lipinski definition) is 6. The van der Waals surface area contributed by atoms with Gasteiger partial charge in [0.1, 0.15) is 0 Å². The minimum Gasteiger partial charge on any atom is -0.487 e. The van der Waals surface area contributed by atoms with Crippen molar-refractivity contribution in [1.82, 2.24) is 0 Å². The van der Waals surface area contributed by atoms with Gasteiger partial charge in [-0.05, 0) is 32.0 Å². The van der Waals surface area contributed by atoms with Crippen LogP contribution in [0, 0.1) is 10.1 Å². The number of nitrogens with two attached hydrogens (primary N) is 1. The van der Waals surface area contributed by atoms with Crippen LogP contribution in [-0.2, 0) is 4.74 Å². The highest BCUT2D eigenvalue weighted by Gasteiger charge is 2.19. The number of hydrogen-bond donors (Lipinski definition) is 1. The van der Waals surface area contributed by atoms with E-state index in [2.05, 4.69) is 0 Å². The number of rotatable bonds is 7. The lowest BCUT2D eigenvalue weighted by Crippen LogP contribution is -2.08. The molecule has 1 aromatic carbocycles. The van der Waals surface area contributed by atoms with Gasteiger partial charge in [-0.1, -0.05) is 0 Å². The normalized spacial score (nSPS) is 10.0. The lowest BCUT2D eigenvalue weighted by molar-refractivity contribution is -0.385. The molecule has 0 unspecified atom stereocenters. The average Bonchev–Trinajstić information content (AvgIpc) is 2.39. The number of benzene rings is 1. The number of nitrogens with zero attached hydrogens (tertiary/aromatic N) is 1. The van der Waals surface area contributed by atoms with Crippen molar-refractivity contribution in [2.45, 2.75) is 13.3 Å². The fourth-order valence-electron chi connectivity index (χ4n) is 1.39. The van der Waals surface area contributed by atoms with Gasteiger partial charge in [0.05, 0.1) is 23.7 Å². The Balaban J connectivity index is 2.94. The van der Waals surface area contributed by atoms with Crippen molar-refractivity contribution in [2.24, 2.45) is 5.73 Å². The fraction of sp³-hybridized carbons (Fsp3) is 0.417. The first-order valence-corrected chi connectivity index (χ1v) is 5.88. The molecule has 0 saturated carbocycles. The molecule has 1 rings (SSSR count). The van der Waals surface area contributed by atoms with Crippen LogP contribution in [0.2, 0.25) is 0 Å². The predicted molar refractivity (Wildman–Crippen MR) is 68.2 cm³/mol. The van der Waals surface area contributed by atoms with E-state index in [1.54, 1.807) is 6.92 Å². The summed E-state index contributed by atoms with van der Waals surface area (Å²) in [4.78, 5) is 21.8. The number of esters is 1. The SMILES string of the molecule is CCOC(=O)c1ccc(OCCCN)c([N+](=O)[O-])c1. The van der Waals surface area contributed by atoms with Gasteiger partial charge in [-0.2, -0.15) is 0 Å². The van der Waals surface area contributed by atoms with Crippen molar-refractivity contribution in [1.29, 1.82) is 0 Å². The summed E-state index contributed by atoms with van der Waals surface area (Å²) in [5.74, 6) is -0.481. The highest BCUT2D eigenvalue weighted by molar-refractivity contribution is 5.90. The largest absolute Gasteiger partial charge is 0.487 e. The van der Waals surface area contributed by atoms with Gasteiger partial charge >= 0.3 is 11.7 Å². The molecule has 104 valence electrons. The minimum absolute atomic E-state index is 0.117. The van der Waals surface area contributed by atoms with E-state index < -0.39 is 10.9 Å². The molecule has 7 heteroatoms. The summed E-state index contributed by atoms with van der Waals surface area (Å²) < 4.78 is 10.0. The molecule has 0 saturated heterocycles. The smallest absolute Gasteiger partial charge is 0.338 e. The Kier molecular flexibility index (Phi) is 5.74. The predicted octanol–water partition coefficient (Wildman–Crippen LogP) is 1.50. The number of carbonyl (C=O) groups is 1. The van der Waals surface area contributed by atoms with E-state index in [4.69, 9.17) is 15.2 Å². The van der Waals surface area contributed by atoms with Crippen molar-refractivity contribution in [3.8, 4) is 5.75 Å². The summed E-state index contributed by atoms with van der Waals surface area (Å²) in [6, 6.07) is 3.97. The number of carbonyl (C=O) groups excluding carboxylic acids is 1. The Hall–Kier alpha value is -2.15. The Morgan fingerprint density at radius 3 is 2.79 bits per heavy atom. The molecule has 0 amide bonds. The van der Waals surface area contributed by atoms with Gasteiger partial charge in [0.25, 0.3) is 0 Å². The van der Waals surface area contributed by atoms with E-state index in [9.17, 15) is 14.9 Å². The van der Waals surface area contributed by atoms with Crippen molar-refractivity contribution in [3.63, 3.8) is 0 Å². The molecule has 0 aliphatic carbocycles. The molecule has 0 atom stereocenters. The second kappa shape index (κ2) is 7.32. The molecular weight excluding hydrogens is 252 g/mol. The van der Waals surface area contributed by atoms with Crippen LogP contribution in [0.5, 0.6) is 5.75 Å². The second-order valence-electron chi connectivity index (χ2n) is 3.65. The Morgan fingerprint density at radius 2 is 2.21 bits per heavy atom. The molecule has 2 N–H and O–H groups in total. The quantitative estimate of drug-likeness (QED) is 0.348. The van der Waals surface area contributed by atoms with E-state index in [1.807, 2.05) is 0 Å². The van der Waals surface area contributed by atoms with Crippen LogP contribution in [0.15, 0.2) is 18.2 Å². The molecule has 0 aromatic heterocycles. The number of nitro groups is 1. The summed E-state index contributed by atoms with van der Waals surface area (Å²) >= 11 is 0. The van der Waals surface area contributed by atoms with Crippen LogP contribution in [-0.4, -0.2) is 30.7 Å². The van der Waals surface area contributed by atoms with Gasteiger partial charge in [-0.15, -0.1) is 0 Å². The van der Waals surface area contributed by atoms with Crippen molar-refractivity contribution >= 4 is 11.7 Å². The maximum absolute atomic E-state index is 11.5. The molecule has 0 fully saturated rings. The van der Waals surface area contributed by atoms with Gasteiger partial charge in [-0.25, -0.2) is 4.79 Å². The molecule has 1 aromatic rings. The molecule has 0 bridgehead atoms. The van der Waals surface area contributed by atoms with Crippen molar-refractivity contribution in [2.75, 3.05) is 19.8 Å². The fourth-order valence-corrected chi connectivity index (χ4v) is 1.39. The molecule has 7 nitrogen and oxygen atoms in total. The average molecular weight is 268 g/mol. The van der Waals surface area contributed by atoms with E-state index in [1.165, 1.54) is 12.1 Å². The zero-order chi connectivity index (χ0) is 14.3. The summed E-state index contributed by atoms with van der Waals surface area (Å²) in [5.41, 5.74) is 5.18. The Morgan fingerprint density at radius 1 is 1.47 bits per heavy atom. The van der Waals surface area contributed by atoms with Crippen LogP contribution in [0.4, 0.5) is 5.69 Å². The van der Waals surface area contributed by atoms with Crippen LogP contribution >= 0.6 is 0 Å². The summed E-state index contributed by atoms with van der Waals surface area (Å²) in [7, 11) is 0. The topological polar surface area (TPSA) is 105 Å². The second-order valence-corrected chi connectivity index (χ2v) is 3.65. The monoisotopic (exact) mass is 268 g/mol. The van der Waals surface area contributed by atoms with Crippen LogP contribution < -0.4 is 10.5 Å². The number of nitro benzene ring substituents is 1. The van der Waals surface area contributed by atoms with E-state index in [0.717, 1.165) is 6.07 Å². The van der Waals surface area contributed by atoms with Crippen LogP contribution in [0.25, 0.3) is 0 Å². The first-order chi connectivity index (χ1) is 9.10. The summed E-state index contributed by atoms with van der Waals surface area (Å²) in [6.07, 6.45) is 0.594. The first kappa shape index (κ1) is 14.9. The van der Waals surface area contributed by atoms with Crippen molar-refractivity contribution < 1.29 is 19.2 Å². The lowest BCUT2D eigenvalue weighted by atomic mass is 10.2.